The van der Waals surface area contributed by atoms with Gasteiger partial charge in [-0.25, -0.2) is 9.50 Å². The van der Waals surface area contributed by atoms with E-state index < -0.39 is 5.97 Å². The Bertz CT molecular complexity index is 704. The lowest BCUT2D eigenvalue weighted by Crippen LogP contribution is -2.00. The maximum Gasteiger partial charge on any atom is 0.309 e. The Morgan fingerprint density at radius 1 is 1.35 bits per heavy atom. The summed E-state index contributed by atoms with van der Waals surface area (Å²) >= 11 is 1.39. The van der Waals surface area contributed by atoms with Crippen LogP contribution in [0.4, 0.5) is 0 Å². The number of nitrogens with zero attached hydrogens (tertiary/aromatic N) is 3. The van der Waals surface area contributed by atoms with Crippen molar-refractivity contribution in [1.29, 1.82) is 0 Å². The van der Waals surface area contributed by atoms with E-state index in [2.05, 4.69) is 10.1 Å². The van der Waals surface area contributed by atoms with Gasteiger partial charge in [-0.05, 0) is 12.1 Å². The zero-order valence-electron chi connectivity index (χ0n) is 10.4. The molecule has 0 aliphatic rings. The first-order valence-corrected chi connectivity index (χ1v) is 6.76. The van der Waals surface area contributed by atoms with Gasteiger partial charge in [0.25, 0.3) is 0 Å². The molecule has 1 N–H and O–H groups in total. The summed E-state index contributed by atoms with van der Waals surface area (Å²) in [5, 5.41) is 13.8. The summed E-state index contributed by atoms with van der Waals surface area (Å²) in [5.74, 6) is -0.115. The molecule has 0 aliphatic heterocycles. The van der Waals surface area contributed by atoms with Gasteiger partial charge in [0.05, 0.1) is 18.3 Å². The first-order chi connectivity index (χ1) is 9.70. The summed E-state index contributed by atoms with van der Waals surface area (Å²) in [4.78, 5) is 15.5. The zero-order valence-corrected chi connectivity index (χ0v) is 11.2. The quantitative estimate of drug-likeness (QED) is 0.777. The standard InChI is InChI=1S/C13H11N3O3S/c17-12(18)6-9-7-16-13(14-9)20-11(15-16)8-19-10-4-2-1-3-5-10/h1-5,7H,6,8H2,(H,17,18). The van der Waals surface area contributed by atoms with Crippen LogP contribution < -0.4 is 4.74 Å². The highest BCUT2D eigenvalue weighted by Crippen LogP contribution is 2.17. The molecule has 20 heavy (non-hydrogen) atoms. The molecule has 0 spiro atoms. The van der Waals surface area contributed by atoms with Gasteiger partial charge in [0.15, 0.2) is 5.01 Å². The van der Waals surface area contributed by atoms with Crippen molar-refractivity contribution in [2.24, 2.45) is 0 Å². The lowest BCUT2D eigenvalue weighted by atomic mass is 10.3. The van der Waals surface area contributed by atoms with Crippen molar-refractivity contribution in [1.82, 2.24) is 14.6 Å². The van der Waals surface area contributed by atoms with E-state index in [-0.39, 0.29) is 6.42 Å². The predicted octanol–water partition coefficient (Wildman–Crippen LogP) is 2.00. The number of fused-ring (bicyclic) bond motifs is 1. The molecule has 0 amide bonds. The molecule has 7 heteroatoms. The van der Waals surface area contributed by atoms with E-state index in [4.69, 9.17) is 9.84 Å². The van der Waals surface area contributed by atoms with Gasteiger partial charge < -0.3 is 9.84 Å². The number of hydrogen-bond acceptors (Lipinski definition) is 5. The summed E-state index contributed by atoms with van der Waals surface area (Å²) in [5.41, 5.74) is 0.506. The van der Waals surface area contributed by atoms with Gasteiger partial charge in [-0.1, -0.05) is 29.5 Å². The Kier molecular flexibility index (Phi) is 3.34. The van der Waals surface area contributed by atoms with Gasteiger partial charge in [-0.2, -0.15) is 5.10 Å². The number of imidazole rings is 1. The van der Waals surface area contributed by atoms with Crippen LogP contribution in [0.3, 0.4) is 0 Å². The maximum absolute atomic E-state index is 10.6. The molecule has 3 aromatic rings. The third kappa shape index (κ3) is 2.77. The average molecular weight is 289 g/mol. The minimum atomic E-state index is -0.900. The van der Waals surface area contributed by atoms with E-state index in [0.29, 0.717) is 17.3 Å². The number of carboxylic acid groups (broad SMARTS) is 1. The fraction of sp³-hybridized carbons (Fsp3) is 0.154. The summed E-state index contributed by atoms with van der Waals surface area (Å²) < 4.78 is 7.19. The van der Waals surface area contributed by atoms with E-state index in [9.17, 15) is 4.79 Å². The van der Waals surface area contributed by atoms with E-state index in [1.807, 2.05) is 30.3 Å². The second kappa shape index (κ2) is 5.30. The van der Waals surface area contributed by atoms with Crippen LogP contribution in [-0.4, -0.2) is 25.7 Å². The minimum absolute atomic E-state index is 0.0913. The minimum Gasteiger partial charge on any atom is -0.486 e. The first-order valence-electron chi connectivity index (χ1n) is 5.94. The third-order valence-electron chi connectivity index (χ3n) is 2.57. The van der Waals surface area contributed by atoms with Gasteiger partial charge >= 0.3 is 5.97 Å². The number of benzene rings is 1. The normalized spacial score (nSPS) is 10.8. The number of para-hydroxylation sites is 1. The van der Waals surface area contributed by atoms with Crippen molar-refractivity contribution in [3.63, 3.8) is 0 Å². The average Bonchev–Trinajstić information content (AvgIpc) is 2.94. The molecular weight excluding hydrogens is 278 g/mol. The van der Waals surface area contributed by atoms with Crippen LogP contribution in [0, 0.1) is 0 Å². The number of rotatable bonds is 5. The molecule has 0 fully saturated rings. The largest absolute Gasteiger partial charge is 0.486 e. The topological polar surface area (TPSA) is 76.7 Å². The van der Waals surface area contributed by atoms with Gasteiger partial charge in [0, 0.05) is 0 Å². The molecule has 1 aromatic carbocycles. The van der Waals surface area contributed by atoms with Crippen molar-refractivity contribution < 1.29 is 14.6 Å². The van der Waals surface area contributed by atoms with Gasteiger partial charge in [0.2, 0.25) is 4.96 Å². The Labute approximate surface area is 118 Å². The van der Waals surface area contributed by atoms with E-state index in [0.717, 1.165) is 10.8 Å². The monoisotopic (exact) mass is 289 g/mol. The maximum atomic E-state index is 10.6. The van der Waals surface area contributed by atoms with Gasteiger partial charge in [-0.15, -0.1) is 0 Å². The van der Waals surface area contributed by atoms with Crippen molar-refractivity contribution in [3.05, 3.63) is 47.2 Å². The van der Waals surface area contributed by atoms with Crippen molar-refractivity contribution in [2.45, 2.75) is 13.0 Å². The molecule has 102 valence electrons. The molecule has 0 unspecified atom stereocenters. The summed E-state index contributed by atoms with van der Waals surface area (Å²) in [6, 6.07) is 9.49. The molecule has 2 heterocycles. The van der Waals surface area contributed by atoms with Gasteiger partial charge in [0.1, 0.15) is 12.4 Å². The van der Waals surface area contributed by atoms with Crippen LogP contribution >= 0.6 is 11.3 Å². The predicted molar refractivity (Wildman–Crippen MR) is 73.0 cm³/mol. The van der Waals surface area contributed by atoms with Crippen LogP contribution in [0.1, 0.15) is 10.7 Å². The fourth-order valence-corrected chi connectivity index (χ4v) is 2.55. The van der Waals surface area contributed by atoms with Crippen LogP contribution in [-0.2, 0) is 17.8 Å². The molecule has 0 saturated heterocycles. The highest BCUT2D eigenvalue weighted by atomic mass is 32.1. The Morgan fingerprint density at radius 2 is 2.15 bits per heavy atom. The molecule has 6 nitrogen and oxygen atoms in total. The number of hydrogen-bond donors (Lipinski definition) is 1. The third-order valence-corrected chi connectivity index (χ3v) is 3.47. The molecular formula is C13H11N3O3S. The van der Waals surface area contributed by atoms with E-state index in [1.54, 1.807) is 10.7 Å². The van der Waals surface area contributed by atoms with Crippen LogP contribution in [0.25, 0.3) is 4.96 Å². The number of carboxylic acids is 1. The summed E-state index contributed by atoms with van der Waals surface area (Å²) in [7, 11) is 0. The molecule has 0 saturated carbocycles. The number of aliphatic carboxylic acids is 1. The highest BCUT2D eigenvalue weighted by molar-refractivity contribution is 7.16. The number of carbonyl (C=O) groups is 1. The van der Waals surface area contributed by atoms with Crippen molar-refractivity contribution >= 4 is 22.3 Å². The SMILES string of the molecule is O=C(O)Cc1cn2nc(COc3ccccc3)sc2n1. The molecule has 3 rings (SSSR count). The summed E-state index contributed by atoms with van der Waals surface area (Å²) in [6.07, 6.45) is 1.54. The molecule has 0 aliphatic carbocycles. The molecule has 0 atom stereocenters. The van der Waals surface area contributed by atoms with E-state index >= 15 is 0 Å². The number of aromatic nitrogens is 3. The smallest absolute Gasteiger partial charge is 0.309 e. The first kappa shape index (κ1) is 12.6. The Morgan fingerprint density at radius 3 is 2.85 bits per heavy atom. The van der Waals surface area contributed by atoms with Crippen LogP contribution in [0.5, 0.6) is 5.75 Å². The molecule has 0 bridgehead atoms. The lowest BCUT2D eigenvalue weighted by molar-refractivity contribution is -0.136. The second-order valence-corrected chi connectivity index (χ2v) is 5.17. The number of ether oxygens (including phenoxy) is 1. The summed E-state index contributed by atoms with van der Waals surface area (Å²) in [6.45, 7) is 0.367. The lowest BCUT2D eigenvalue weighted by Gasteiger charge is -2.01. The second-order valence-electron chi connectivity index (χ2n) is 4.13. The Balaban J connectivity index is 1.70. The van der Waals surface area contributed by atoms with Crippen molar-refractivity contribution in [3.8, 4) is 5.75 Å². The van der Waals surface area contributed by atoms with Crippen LogP contribution in [0.2, 0.25) is 0 Å². The molecule has 2 aromatic heterocycles. The van der Waals surface area contributed by atoms with E-state index in [1.165, 1.54) is 11.3 Å². The fourth-order valence-electron chi connectivity index (χ4n) is 1.75. The molecule has 0 radical (unpaired) electrons. The highest BCUT2D eigenvalue weighted by Gasteiger charge is 2.10. The Hall–Kier alpha value is -2.41. The van der Waals surface area contributed by atoms with Gasteiger partial charge in [-0.3, -0.25) is 4.79 Å². The zero-order chi connectivity index (χ0) is 13.9. The van der Waals surface area contributed by atoms with Crippen LogP contribution in [0.15, 0.2) is 36.5 Å². The van der Waals surface area contributed by atoms with Crippen molar-refractivity contribution in [2.75, 3.05) is 0 Å².